The fraction of sp³-hybridized carbons (Fsp3) is 0.231. The number of carbonyl (C=O) groups excluding carboxylic acids is 2. The van der Waals surface area contributed by atoms with E-state index in [1.807, 2.05) is 84.9 Å². The number of aryl methyl sites for hydroxylation is 1. The largest absolute Gasteiger partial charge is 0.357 e. The molecule has 0 aliphatic rings. The van der Waals surface area contributed by atoms with Crippen molar-refractivity contribution in [3.63, 3.8) is 0 Å². The first-order valence-corrected chi connectivity index (χ1v) is 11.2. The number of carbonyl (C=O) groups is 2. The van der Waals surface area contributed by atoms with Crippen molar-refractivity contribution in [3.05, 3.63) is 106 Å². The second-order valence-corrected chi connectivity index (χ2v) is 8.37. The molecular weight excluding hydrogens is 452 g/mol. The zero-order valence-electron chi connectivity index (χ0n) is 17.6. The fourth-order valence-electron chi connectivity index (χ4n) is 3.55. The van der Waals surface area contributed by atoms with E-state index in [4.69, 9.17) is 0 Å². The molecule has 0 heterocycles. The van der Waals surface area contributed by atoms with E-state index in [0.29, 0.717) is 25.8 Å². The summed E-state index contributed by atoms with van der Waals surface area (Å²) in [6.45, 7) is 0.381. The Balaban J connectivity index is 1.86. The highest BCUT2D eigenvalue weighted by atomic mass is 79.9. The molecule has 0 saturated carbocycles. The SMILES string of the molecule is CNC(=O)C(Cc1ccccc1)N(Cc1ccc(Br)cc1)C(=O)CCc1ccccc1. The molecule has 0 aliphatic carbocycles. The Hall–Kier alpha value is -2.92. The minimum atomic E-state index is -0.584. The normalized spacial score (nSPS) is 11.5. The highest BCUT2D eigenvalue weighted by Gasteiger charge is 2.29. The number of halogens is 1. The van der Waals surface area contributed by atoms with Gasteiger partial charge in [-0.1, -0.05) is 88.7 Å². The van der Waals surface area contributed by atoms with E-state index < -0.39 is 6.04 Å². The molecule has 2 amide bonds. The van der Waals surface area contributed by atoms with Crippen LogP contribution in [0.25, 0.3) is 0 Å². The van der Waals surface area contributed by atoms with Crippen LogP contribution in [-0.4, -0.2) is 29.8 Å². The lowest BCUT2D eigenvalue weighted by molar-refractivity contribution is -0.141. The monoisotopic (exact) mass is 478 g/mol. The number of benzene rings is 3. The number of hydrogen-bond acceptors (Lipinski definition) is 2. The molecular formula is C26H27BrN2O2. The molecule has 4 nitrogen and oxygen atoms in total. The van der Waals surface area contributed by atoms with Gasteiger partial charge in [-0.2, -0.15) is 0 Å². The number of nitrogens with one attached hydrogen (secondary N) is 1. The van der Waals surface area contributed by atoms with Gasteiger partial charge in [-0.05, 0) is 35.2 Å². The van der Waals surface area contributed by atoms with Gasteiger partial charge >= 0.3 is 0 Å². The van der Waals surface area contributed by atoms with Crippen molar-refractivity contribution in [2.45, 2.75) is 31.8 Å². The minimum absolute atomic E-state index is 0.0312. The lowest BCUT2D eigenvalue weighted by Gasteiger charge is -2.31. The molecule has 0 radical (unpaired) electrons. The van der Waals surface area contributed by atoms with Crippen molar-refractivity contribution in [2.24, 2.45) is 0 Å². The van der Waals surface area contributed by atoms with Gasteiger partial charge in [0, 0.05) is 30.9 Å². The Morgan fingerprint density at radius 1 is 0.839 bits per heavy atom. The Morgan fingerprint density at radius 2 is 1.42 bits per heavy atom. The number of nitrogens with zero attached hydrogens (tertiary/aromatic N) is 1. The molecule has 31 heavy (non-hydrogen) atoms. The van der Waals surface area contributed by atoms with Gasteiger partial charge < -0.3 is 10.2 Å². The molecule has 0 fully saturated rings. The summed E-state index contributed by atoms with van der Waals surface area (Å²) in [5.41, 5.74) is 3.12. The molecule has 0 saturated heterocycles. The van der Waals surface area contributed by atoms with Crippen LogP contribution >= 0.6 is 15.9 Å². The van der Waals surface area contributed by atoms with Crippen LogP contribution in [0.4, 0.5) is 0 Å². The quantitative estimate of drug-likeness (QED) is 0.481. The first-order chi connectivity index (χ1) is 15.1. The maximum absolute atomic E-state index is 13.4. The van der Waals surface area contributed by atoms with E-state index in [2.05, 4.69) is 21.2 Å². The first kappa shape index (κ1) is 22.8. The van der Waals surface area contributed by atoms with E-state index in [0.717, 1.165) is 21.2 Å². The summed E-state index contributed by atoms with van der Waals surface area (Å²) in [6, 6.07) is 27.1. The van der Waals surface area contributed by atoms with Gasteiger partial charge in [-0.25, -0.2) is 0 Å². The van der Waals surface area contributed by atoms with E-state index in [9.17, 15) is 9.59 Å². The summed E-state index contributed by atoms with van der Waals surface area (Å²) in [7, 11) is 1.62. The van der Waals surface area contributed by atoms with Crippen LogP contribution in [0.3, 0.4) is 0 Å². The van der Waals surface area contributed by atoms with Crippen molar-refractivity contribution in [1.29, 1.82) is 0 Å². The van der Waals surface area contributed by atoms with Gasteiger partial charge in [0.2, 0.25) is 11.8 Å². The van der Waals surface area contributed by atoms with E-state index in [1.165, 1.54) is 0 Å². The van der Waals surface area contributed by atoms with Crippen LogP contribution in [0.2, 0.25) is 0 Å². The molecule has 1 atom stereocenters. The third kappa shape index (κ3) is 6.79. The number of amides is 2. The average molecular weight is 479 g/mol. The summed E-state index contributed by atoms with van der Waals surface area (Å²) in [5, 5.41) is 2.75. The third-order valence-electron chi connectivity index (χ3n) is 5.25. The zero-order valence-corrected chi connectivity index (χ0v) is 19.2. The molecule has 160 valence electrons. The topological polar surface area (TPSA) is 49.4 Å². The molecule has 5 heteroatoms. The average Bonchev–Trinajstić information content (AvgIpc) is 2.81. The Kier molecular flexibility index (Phi) is 8.42. The van der Waals surface area contributed by atoms with Crippen molar-refractivity contribution < 1.29 is 9.59 Å². The van der Waals surface area contributed by atoms with Crippen LogP contribution in [0.15, 0.2) is 89.4 Å². The van der Waals surface area contributed by atoms with Gasteiger partial charge in [0.15, 0.2) is 0 Å². The van der Waals surface area contributed by atoms with Crippen molar-refractivity contribution >= 4 is 27.7 Å². The maximum atomic E-state index is 13.4. The predicted molar refractivity (Wildman–Crippen MR) is 127 cm³/mol. The standard InChI is InChI=1S/C26H27BrN2O2/c1-28-26(31)24(18-21-10-6-3-7-11-21)29(19-22-12-15-23(27)16-13-22)25(30)17-14-20-8-4-2-5-9-20/h2-13,15-16,24H,14,17-19H2,1H3,(H,28,31). The van der Waals surface area contributed by atoms with Crippen molar-refractivity contribution in [2.75, 3.05) is 7.05 Å². The van der Waals surface area contributed by atoms with Gasteiger partial charge in [0.25, 0.3) is 0 Å². The lowest BCUT2D eigenvalue weighted by atomic mass is 10.0. The molecule has 0 bridgehead atoms. The molecule has 3 rings (SSSR count). The molecule has 1 N–H and O–H groups in total. The molecule has 0 aromatic heterocycles. The second kappa shape index (κ2) is 11.5. The molecule has 0 spiro atoms. The van der Waals surface area contributed by atoms with Crippen molar-refractivity contribution in [3.8, 4) is 0 Å². The Labute approximate surface area is 192 Å². The lowest BCUT2D eigenvalue weighted by Crippen LogP contribution is -2.49. The number of likely N-dealkylation sites (N-methyl/N-ethyl adjacent to an activating group) is 1. The van der Waals surface area contributed by atoms with Crippen LogP contribution < -0.4 is 5.32 Å². The molecule has 1 unspecified atom stereocenters. The van der Waals surface area contributed by atoms with E-state index in [1.54, 1.807) is 11.9 Å². The van der Waals surface area contributed by atoms with Gasteiger partial charge in [-0.3, -0.25) is 9.59 Å². The Morgan fingerprint density at radius 3 is 2.00 bits per heavy atom. The number of hydrogen-bond donors (Lipinski definition) is 1. The minimum Gasteiger partial charge on any atom is -0.357 e. The third-order valence-corrected chi connectivity index (χ3v) is 5.78. The predicted octanol–water partition coefficient (Wildman–Crippen LogP) is 4.77. The zero-order chi connectivity index (χ0) is 22.1. The number of rotatable bonds is 9. The summed E-state index contributed by atoms with van der Waals surface area (Å²) >= 11 is 3.45. The molecule has 3 aromatic carbocycles. The van der Waals surface area contributed by atoms with Crippen LogP contribution in [0.5, 0.6) is 0 Å². The first-order valence-electron chi connectivity index (χ1n) is 10.4. The Bertz CT molecular complexity index is 975. The summed E-state index contributed by atoms with van der Waals surface area (Å²) in [4.78, 5) is 28.0. The summed E-state index contributed by atoms with van der Waals surface area (Å²) in [6.07, 6.45) is 1.46. The maximum Gasteiger partial charge on any atom is 0.242 e. The summed E-state index contributed by atoms with van der Waals surface area (Å²) < 4.78 is 0.977. The smallest absolute Gasteiger partial charge is 0.242 e. The van der Waals surface area contributed by atoms with Gasteiger partial charge in [-0.15, -0.1) is 0 Å². The molecule has 0 aliphatic heterocycles. The van der Waals surface area contributed by atoms with E-state index in [-0.39, 0.29) is 11.8 Å². The van der Waals surface area contributed by atoms with Gasteiger partial charge in [0.05, 0.1) is 0 Å². The van der Waals surface area contributed by atoms with Crippen molar-refractivity contribution in [1.82, 2.24) is 10.2 Å². The highest BCUT2D eigenvalue weighted by Crippen LogP contribution is 2.18. The molecule has 3 aromatic rings. The summed E-state index contributed by atoms with van der Waals surface area (Å²) in [5.74, 6) is -0.190. The van der Waals surface area contributed by atoms with Crippen LogP contribution in [0, 0.1) is 0 Å². The van der Waals surface area contributed by atoms with Crippen LogP contribution in [0.1, 0.15) is 23.1 Å². The second-order valence-electron chi connectivity index (χ2n) is 7.45. The van der Waals surface area contributed by atoms with Gasteiger partial charge in [0.1, 0.15) is 6.04 Å². The van der Waals surface area contributed by atoms with E-state index >= 15 is 0 Å². The fourth-order valence-corrected chi connectivity index (χ4v) is 3.81. The highest BCUT2D eigenvalue weighted by molar-refractivity contribution is 9.10. The van der Waals surface area contributed by atoms with Crippen LogP contribution in [-0.2, 0) is 29.0 Å².